The number of carboxylic acids is 1. The Kier molecular flexibility index (Phi) is 8.39. The second-order valence-corrected chi connectivity index (χ2v) is 12.5. The van der Waals surface area contributed by atoms with Gasteiger partial charge in [0.05, 0.1) is 11.3 Å². The lowest BCUT2D eigenvalue weighted by Gasteiger charge is -2.34. The fourth-order valence-corrected chi connectivity index (χ4v) is 6.59. The van der Waals surface area contributed by atoms with Gasteiger partial charge in [0, 0.05) is 18.7 Å². The van der Waals surface area contributed by atoms with Crippen LogP contribution in [0.1, 0.15) is 35.6 Å². The molecule has 0 fully saturated rings. The molecule has 2 aliphatic rings. The van der Waals surface area contributed by atoms with Crippen LogP contribution in [0.2, 0.25) is 0 Å². The molecular formula is C30H30F3N3O6S. The van der Waals surface area contributed by atoms with Crippen LogP contribution in [-0.4, -0.2) is 61.5 Å². The lowest BCUT2D eigenvalue weighted by molar-refractivity contribution is -0.138. The number of anilines is 1. The molecule has 5 rings (SSSR count). The number of ether oxygens (including phenoxy) is 2. The van der Waals surface area contributed by atoms with E-state index in [1.165, 1.54) is 16.4 Å². The van der Waals surface area contributed by atoms with E-state index in [1.807, 2.05) is 12.1 Å². The number of aliphatic imine (C=N–C) groups is 1. The highest BCUT2D eigenvalue weighted by Gasteiger charge is 2.36. The largest absolute Gasteiger partial charge is 0.491 e. The zero-order chi connectivity index (χ0) is 30.8. The van der Waals surface area contributed by atoms with Crippen LogP contribution in [0, 0.1) is 0 Å². The topological polar surface area (TPSA) is 109 Å². The predicted molar refractivity (Wildman–Crippen MR) is 153 cm³/mol. The van der Waals surface area contributed by atoms with E-state index in [-0.39, 0.29) is 32.2 Å². The van der Waals surface area contributed by atoms with Gasteiger partial charge in [-0.05, 0) is 73.4 Å². The summed E-state index contributed by atoms with van der Waals surface area (Å²) in [4.78, 5) is 16.2. The maximum absolute atomic E-state index is 13.6. The van der Waals surface area contributed by atoms with Gasteiger partial charge in [-0.25, -0.2) is 4.99 Å². The van der Waals surface area contributed by atoms with E-state index >= 15 is 0 Å². The average Bonchev–Trinajstić information content (AvgIpc) is 3.37. The number of para-hydroxylation sites is 1. The van der Waals surface area contributed by atoms with Crippen LogP contribution in [0.5, 0.6) is 5.75 Å². The van der Waals surface area contributed by atoms with E-state index in [0.29, 0.717) is 29.0 Å². The summed E-state index contributed by atoms with van der Waals surface area (Å²) in [6.07, 6.45) is -3.06. The van der Waals surface area contributed by atoms with E-state index in [2.05, 4.69) is 4.99 Å². The number of carboxylic acid groups (broad SMARTS) is 1. The summed E-state index contributed by atoms with van der Waals surface area (Å²) < 4.78 is 79.6. The number of hydrogen-bond acceptors (Lipinski definition) is 6. The summed E-state index contributed by atoms with van der Waals surface area (Å²) >= 11 is 0. The number of aryl methyl sites for hydroxylation is 1. The summed E-state index contributed by atoms with van der Waals surface area (Å²) in [5, 5.41) is 9.49. The molecule has 13 heteroatoms. The van der Waals surface area contributed by atoms with Gasteiger partial charge < -0.3 is 14.6 Å². The number of alkyl halides is 3. The molecule has 1 N–H and O–H groups in total. The van der Waals surface area contributed by atoms with Crippen LogP contribution in [0.15, 0.2) is 77.8 Å². The molecule has 0 spiro atoms. The molecule has 228 valence electrons. The molecule has 9 nitrogen and oxygen atoms in total. The number of rotatable bonds is 10. The van der Waals surface area contributed by atoms with Gasteiger partial charge in [-0.1, -0.05) is 30.3 Å². The van der Waals surface area contributed by atoms with Crippen molar-refractivity contribution in [3.8, 4) is 5.75 Å². The molecule has 0 aliphatic carbocycles. The van der Waals surface area contributed by atoms with E-state index in [0.717, 1.165) is 28.4 Å². The van der Waals surface area contributed by atoms with Gasteiger partial charge in [-0.15, -0.1) is 0 Å². The molecule has 1 atom stereocenters. The Morgan fingerprint density at radius 1 is 1.09 bits per heavy atom. The third-order valence-corrected chi connectivity index (χ3v) is 9.01. The number of benzene rings is 3. The first-order chi connectivity index (χ1) is 20.3. The molecule has 0 saturated carbocycles. The molecule has 0 radical (unpaired) electrons. The zero-order valence-electron chi connectivity index (χ0n) is 23.3. The van der Waals surface area contributed by atoms with Crippen molar-refractivity contribution in [1.82, 2.24) is 4.31 Å². The Labute approximate surface area is 247 Å². The van der Waals surface area contributed by atoms with E-state index in [4.69, 9.17) is 9.47 Å². The number of fused-ring (bicyclic) bond motifs is 1. The molecule has 3 aromatic carbocycles. The highest BCUT2D eigenvalue weighted by atomic mass is 32.2. The molecule has 1 unspecified atom stereocenters. The number of aliphatic carboxylic acids is 1. The maximum Gasteiger partial charge on any atom is 0.416 e. The van der Waals surface area contributed by atoms with Crippen molar-refractivity contribution in [3.05, 3.63) is 95.1 Å². The second-order valence-electron chi connectivity index (χ2n) is 10.7. The maximum atomic E-state index is 13.6. The fraction of sp³-hybridized carbons (Fsp3) is 0.333. The molecule has 43 heavy (non-hydrogen) atoms. The Bertz CT molecular complexity index is 1610. The number of carbonyl (C=O) groups is 1. The van der Waals surface area contributed by atoms with E-state index in [1.54, 1.807) is 43.3 Å². The standard InChI is InChI=1S/C30H30F3N3O6S/c1-29(20-42-28(34-29)23-10-12-24(13-11-23)30(31,32)33)19-41-25-14-8-21(9-15-25)17-35(18-27(37)38)43(39,40)36-16-4-6-22-5-2-3-7-26(22)36/h2-3,5,7-15H,4,6,16-20H2,1H3,(H,37,38). The Morgan fingerprint density at radius 3 is 2.47 bits per heavy atom. The van der Waals surface area contributed by atoms with E-state index < -0.39 is 40.0 Å². The van der Waals surface area contributed by atoms with Gasteiger partial charge in [-0.2, -0.15) is 25.9 Å². The SMILES string of the molecule is CC1(COc2ccc(CN(CC(=O)O)S(=O)(=O)N3CCCc4ccccc43)cc2)COC(c2ccc(C(F)(F)F)cc2)=N1. The van der Waals surface area contributed by atoms with Crippen molar-refractivity contribution in [1.29, 1.82) is 0 Å². The lowest BCUT2D eigenvalue weighted by atomic mass is 10.0. The molecule has 2 aliphatic heterocycles. The third-order valence-electron chi connectivity index (χ3n) is 7.17. The van der Waals surface area contributed by atoms with Gasteiger partial charge in [-0.3, -0.25) is 9.10 Å². The summed E-state index contributed by atoms with van der Waals surface area (Å²) in [5.74, 6) is -0.566. The minimum absolute atomic E-state index is 0.115. The van der Waals surface area contributed by atoms with Gasteiger partial charge in [0.15, 0.2) is 0 Å². The minimum atomic E-state index is -4.43. The summed E-state index contributed by atoms with van der Waals surface area (Å²) in [7, 11) is -4.14. The van der Waals surface area contributed by atoms with Crippen molar-refractivity contribution in [3.63, 3.8) is 0 Å². The smallest absolute Gasteiger partial charge is 0.416 e. The molecule has 0 amide bonds. The van der Waals surface area contributed by atoms with Crippen molar-refractivity contribution in [2.45, 2.75) is 38.0 Å². The van der Waals surface area contributed by atoms with Crippen molar-refractivity contribution in [2.24, 2.45) is 4.99 Å². The minimum Gasteiger partial charge on any atom is -0.491 e. The first kappa shape index (κ1) is 30.4. The molecular weight excluding hydrogens is 587 g/mol. The van der Waals surface area contributed by atoms with Gasteiger partial charge in [0.1, 0.15) is 31.0 Å². The average molecular weight is 618 g/mol. The Hall–Kier alpha value is -4.10. The first-order valence-corrected chi connectivity index (χ1v) is 14.9. The van der Waals surface area contributed by atoms with Crippen molar-refractivity contribution in [2.75, 3.05) is 30.6 Å². The monoisotopic (exact) mass is 617 g/mol. The number of nitrogens with zero attached hydrogens (tertiary/aromatic N) is 3. The molecule has 0 aromatic heterocycles. The van der Waals surface area contributed by atoms with Gasteiger partial charge in [0.25, 0.3) is 0 Å². The summed E-state index contributed by atoms with van der Waals surface area (Å²) in [6, 6.07) is 18.4. The van der Waals surface area contributed by atoms with E-state index in [9.17, 15) is 31.5 Å². The number of hydrogen-bond donors (Lipinski definition) is 1. The van der Waals surface area contributed by atoms with Crippen LogP contribution in [0.4, 0.5) is 18.9 Å². The zero-order valence-corrected chi connectivity index (χ0v) is 24.1. The van der Waals surface area contributed by atoms with Crippen molar-refractivity contribution < 1.29 is 41.0 Å². The van der Waals surface area contributed by atoms with Crippen LogP contribution in [0.3, 0.4) is 0 Å². The molecule has 2 heterocycles. The second kappa shape index (κ2) is 11.9. The van der Waals surface area contributed by atoms with Crippen LogP contribution < -0.4 is 9.04 Å². The summed E-state index contributed by atoms with van der Waals surface area (Å²) in [6.45, 7) is 1.49. The van der Waals surface area contributed by atoms with Gasteiger partial charge >= 0.3 is 22.4 Å². The highest BCUT2D eigenvalue weighted by molar-refractivity contribution is 7.90. The predicted octanol–water partition coefficient (Wildman–Crippen LogP) is 4.90. The van der Waals surface area contributed by atoms with Crippen LogP contribution in [0.25, 0.3) is 0 Å². The fourth-order valence-electron chi connectivity index (χ4n) is 4.94. The quantitative estimate of drug-likeness (QED) is 0.347. The molecule has 3 aromatic rings. The van der Waals surface area contributed by atoms with Crippen molar-refractivity contribution >= 4 is 27.8 Å². The highest BCUT2D eigenvalue weighted by Crippen LogP contribution is 2.32. The molecule has 0 saturated heterocycles. The van der Waals surface area contributed by atoms with Gasteiger partial charge in [0.2, 0.25) is 5.90 Å². The van der Waals surface area contributed by atoms with Crippen LogP contribution in [-0.2, 0) is 38.9 Å². The third kappa shape index (κ3) is 6.94. The number of halogens is 3. The first-order valence-electron chi connectivity index (χ1n) is 13.5. The lowest BCUT2D eigenvalue weighted by Crippen LogP contribution is -2.47. The Balaban J connectivity index is 1.24. The molecule has 0 bridgehead atoms. The van der Waals surface area contributed by atoms with Crippen LogP contribution >= 0.6 is 0 Å². The summed E-state index contributed by atoms with van der Waals surface area (Å²) in [5.41, 5.74) is 0.904. The normalized spacial score (nSPS) is 18.6. The Morgan fingerprint density at radius 2 is 1.79 bits per heavy atom.